The third-order valence-electron chi connectivity index (χ3n) is 3.80. The average molecular weight is 417 g/mol. The van der Waals surface area contributed by atoms with Crippen LogP contribution in [0.1, 0.15) is 26.2 Å². The summed E-state index contributed by atoms with van der Waals surface area (Å²) in [7, 11) is -1.24. The molecule has 0 aliphatic carbocycles. The molecule has 118 valence electrons. The van der Waals surface area contributed by atoms with Crippen molar-refractivity contribution in [1.29, 1.82) is 0 Å². The van der Waals surface area contributed by atoms with Crippen LogP contribution >= 0.6 is 24.0 Å². The van der Waals surface area contributed by atoms with Gasteiger partial charge in [0.2, 0.25) is 0 Å². The van der Waals surface area contributed by atoms with Crippen molar-refractivity contribution in [3.63, 3.8) is 0 Å². The minimum Gasteiger partial charge on any atom is -0.373 e. The van der Waals surface area contributed by atoms with E-state index in [4.69, 9.17) is 4.74 Å². The van der Waals surface area contributed by atoms with Crippen LogP contribution in [0, 0.1) is 0 Å². The minimum absolute atomic E-state index is 0. The van der Waals surface area contributed by atoms with E-state index >= 15 is 0 Å². The topological polar surface area (TPSA) is 79.8 Å². The van der Waals surface area contributed by atoms with Crippen LogP contribution in [0.15, 0.2) is 4.99 Å². The van der Waals surface area contributed by atoms with Gasteiger partial charge in [-0.15, -0.1) is 24.0 Å². The second kappa shape index (κ2) is 7.79. The highest BCUT2D eigenvalue weighted by Crippen LogP contribution is 2.34. The number of halogens is 1. The molecule has 2 aliphatic rings. The predicted octanol–water partition coefficient (Wildman–Crippen LogP) is 0.524. The van der Waals surface area contributed by atoms with E-state index in [1.165, 1.54) is 0 Å². The fourth-order valence-corrected chi connectivity index (χ4v) is 3.33. The molecule has 2 fully saturated rings. The lowest BCUT2D eigenvalue weighted by Gasteiger charge is -2.22. The first kappa shape index (κ1) is 18.0. The predicted molar refractivity (Wildman–Crippen MR) is 90.5 cm³/mol. The molecular weight excluding hydrogens is 393 g/mol. The van der Waals surface area contributed by atoms with E-state index in [9.17, 15) is 8.42 Å². The molecule has 0 amide bonds. The van der Waals surface area contributed by atoms with Gasteiger partial charge in [0.25, 0.3) is 0 Å². The molecule has 2 N–H and O–H groups in total. The zero-order valence-electron chi connectivity index (χ0n) is 12.0. The summed E-state index contributed by atoms with van der Waals surface area (Å²) < 4.78 is 28.6. The summed E-state index contributed by atoms with van der Waals surface area (Å²) in [6.45, 7) is 2.05. The normalized spacial score (nSPS) is 29.1. The van der Waals surface area contributed by atoms with Crippen molar-refractivity contribution in [2.75, 3.05) is 25.1 Å². The van der Waals surface area contributed by atoms with Crippen LogP contribution in [0.5, 0.6) is 0 Å². The Kier molecular flexibility index (Phi) is 6.99. The van der Waals surface area contributed by atoms with Crippen molar-refractivity contribution in [1.82, 2.24) is 10.6 Å². The molecule has 0 aromatic carbocycles. The van der Waals surface area contributed by atoms with E-state index < -0.39 is 9.84 Å². The van der Waals surface area contributed by atoms with E-state index in [1.807, 2.05) is 0 Å². The number of ether oxygens (including phenoxy) is 1. The highest BCUT2D eigenvalue weighted by atomic mass is 127. The molecule has 2 aliphatic heterocycles. The quantitative estimate of drug-likeness (QED) is 0.388. The van der Waals surface area contributed by atoms with Gasteiger partial charge in [-0.2, -0.15) is 0 Å². The molecule has 3 unspecified atom stereocenters. The Balaban J connectivity index is 0.00000200. The van der Waals surface area contributed by atoms with Gasteiger partial charge < -0.3 is 15.4 Å². The van der Waals surface area contributed by atoms with Gasteiger partial charge in [-0.05, 0) is 19.3 Å². The van der Waals surface area contributed by atoms with Gasteiger partial charge in [0.15, 0.2) is 15.8 Å². The number of fused-ring (bicyclic) bond motifs is 2. The van der Waals surface area contributed by atoms with E-state index in [0.717, 1.165) is 19.3 Å². The first-order chi connectivity index (χ1) is 9.04. The number of sulfone groups is 1. The lowest BCUT2D eigenvalue weighted by molar-refractivity contribution is 0.0992. The molecule has 0 saturated carbocycles. The molecular formula is C12H24IN3O3S. The summed E-state index contributed by atoms with van der Waals surface area (Å²) >= 11 is 0. The molecule has 3 atom stereocenters. The minimum atomic E-state index is -2.93. The molecule has 0 radical (unpaired) electrons. The molecule has 2 saturated heterocycles. The average Bonchev–Trinajstić information content (AvgIpc) is 2.99. The van der Waals surface area contributed by atoms with Gasteiger partial charge in [-0.3, -0.25) is 4.99 Å². The Morgan fingerprint density at radius 3 is 2.65 bits per heavy atom. The van der Waals surface area contributed by atoms with Gasteiger partial charge >= 0.3 is 0 Å². The third-order valence-corrected chi connectivity index (χ3v) is 5.50. The van der Waals surface area contributed by atoms with Crippen LogP contribution in [-0.4, -0.2) is 57.7 Å². The third kappa shape index (κ3) is 4.73. The summed E-state index contributed by atoms with van der Waals surface area (Å²) in [6.07, 6.45) is 3.94. The van der Waals surface area contributed by atoms with Gasteiger partial charge in [-0.1, -0.05) is 6.92 Å². The van der Waals surface area contributed by atoms with Crippen LogP contribution in [0.4, 0.5) is 0 Å². The first-order valence-corrected chi connectivity index (χ1v) is 8.69. The standard InChI is InChI=1S/C12H23N3O3S.HI/c1-3-19(16,17)7-6-14-12(13-2)15-10-8-9-4-5-11(10)18-9;/h9-11H,3-8H2,1-2H3,(H2,13,14,15);1H. The van der Waals surface area contributed by atoms with Crippen LogP contribution < -0.4 is 10.6 Å². The molecule has 2 heterocycles. The van der Waals surface area contributed by atoms with Gasteiger partial charge in [0.1, 0.15) is 0 Å². The van der Waals surface area contributed by atoms with Crippen molar-refractivity contribution in [3.05, 3.63) is 0 Å². The molecule has 6 nitrogen and oxygen atoms in total. The molecule has 8 heteroatoms. The summed E-state index contributed by atoms with van der Waals surface area (Å²) in [4.78, 5) is 4.12. The number of nitrogens with zero attached hydrogens (tertiary/aromatic N) is 1. The maximum absolute atomic E-state index is 11.4. The van der Waals surface area contributed by atoms with E-state index in [0.29, 0.717) is 24.7 Å². The van der Waals surface area contributed by atoms with Crippen molar-refractivity contribution in [2.24, 2.45) is 4.99 Å². The maximum atomic E-state index is 11.4. The Labute approximate surface area is 138 Å². The molecule has 0 aromatic rings. The zero-order valence-corrected chi connectivity index (χ0v) is 15.1. The van der Waals surface area contributed by atoms with Crippen LogP contribution in [0.25, 0.3) is 0 Å². The van der Waals surface area contributed by atoms with E-state index in [1.54, 1.807) is 14.0 Å². The second-order valence-corrected chi connectivity index (χ2v) is 7.57. The maximum Gasteiger partial charge on any atom is 0.191 e. The van der Waals surface area contributed by atoms with Gasteiger partial charge in [0, 0.05) is 19.3 Å². The summed E-state index contributed by atoms with van der Waals surface area (Å²) in [5, 5.41) is 6.37. The number of aliphatic imine (C=N–C) groups is 1. The van der Waals surface area contributed by atoms with Crippen LogP contribution in [-0.2, 0) is 14.6 Å². The fraction of sp³-hybridized carbons (Fsp3) is 0.917. The first-order valence-electron chi connectivity index (χ1n) is 6.87. The smallest absolute Gasteiger partial charge is 0.191 e. The van der Waals surface area contributed by atoms with Crippen LogP contribution in [0.3, 0.4) is 0 Å². The van der Waals surface area contributed by atoms with Crippen molar-refractivity contribution in [2.45, 2.75) is 44.4 Å². The van der Waals surface area contributed by atoms with Crippen molar-refractivity contribution in [3.8, 4) is 0 Å². The van der Waals surface area contributed by atoms with Crippen LogP contribution in [0.2, 0.25) is 0 Å². The molecule has 0 aromatic heterocycles. The Bertz CT molecular complexity index is 441. The van der Waals surface area contributed by atoms with Gasteiger partial charge in [-0.25, -0.2) is 8.42 Å². The lowest BCUT2D eigenvalue weighted by atomic mass is 9.96. The number of nitrogens with one attached hydrogen (secondary N) is 2. The molecule has 20 heavy (non-hydrogen) atoms. The molecule has 2 rings (SSSR count). The Hall–Kier alpha value is -0.0900. The fourth-order valence-electron chi connectivity index (χ4n) is 2.63. The zero-order chi connectivity index (χ0) is 13.9. The Morgan fingerprint density at radius 1 is 1.40 bits per heavy atom. The SMILES string of the molecule is CCS(=O)(=O)CCNC(=NC)NC1CC2CCC1O2.I. The number of hydrogen-bond donors (Lipinski definition) is 2. The summed E-state index contributed by atoms with van der Waals surface area (Å²) in [5.74, 6) is 0.977. The highest BCUT2D eigenvalue weighted by molar-refractivity contribution is 14.0. The summed E-state index contributed by atoms with van der Waals surface area (Å²) in [6, 6.07) is 0.299. The molecule has 0 spiro atoms. The molecule has 2 bridgehead atoms. The number of hydrogen-bond acceptors (Lipinski definition) is 4. The second-order valence-electron chi connectivity index (χ2n) is 5.10. The summed E-state index contributed by atoms with van der Waals surface area (Å²) in [5.41, 5.74) is 0. The number of rotatable bonds is 5. The highest BCUT2D eigenvalue weighted by Gasteiger charge is 2.41. The van der Waals surface area contributed by atoms with Gasteiger partial charge in [0.05, 0.1) is 24.0 Å². The van der Waals surface area contributed by atoms with E-state index in [2.05, 4.69) is 15.6 Å². The Morgan fingerprint density at radius 2 is 2.15 bits per heavy atom. The lowest BCUT2D eigenvalue weighted by Crippen LogP contribution is -2.48. The largest absolute Gasteiger partial charge is 0.373 e. The van der Waals surface area contributed by atoms with Crippen molar-refractivity contribution < 1.29 is 13.2 Å². The number of guanidine groups is 1. The van der Waals surface area contributed by atoms with Crippen molar-refractivity contribution >= 4 is 39.8 Å². The van der Waals surface area contributed by atoms with E-state index in [-0.39, 0.29) is 41.6 Å². The monoisotopic (exact) mass is 417 g/mol.